The van der Waals surface area contributed by atoms with Crippen molar-refractivity contribution in [2.75, 3.05) is 0 Å². The van der Waals surface area contributed by atoms with Gasteiger partial charge >= 0.3 is 5.97 Å². The Morgan fingerprint density at radius 1 is 1.30 bits per heavy atom. The zero-order valence-electron chi connectivity index (χ0n) is 14.8. The predicted molar refractivity (Wildman–Crippen MR) is 93.3 cm³/mol. The summed E-state index contributed by atoms with van der Waals surface area (Å²) in [5.74, 6) is -0.920. The Labute approximate surface area is 139 Å². The van der Waals surface area contributed by atoms with Crippen molar-refractivity contribution in [3.05, 3.63) is 47.1 Å². The van der Waals surface area contributed by atoms with Gasteiger partial charge in [0.05, 0.1) is 11.7 Å². The van der Waals surface area contributed by atoms with Gasteiger partial charge in [-0.15, -0.1) is 0 Å². The number of carbonyl (C=O) groups is 1. The highest BCUT2D eigenvalue weighted by atomic mass is 16.5. The van der Waals surface area contributed by atoms with Crippen LogP contribution in [0.1, 0.15) is 53.9 Å². The highest BCUT2D eigenvalue weighted by Crippen LogP contribution is 2.51. The molecule has 0 bridgehead atoms. The predicted octanol–water partition coefficient (Wildman–Crippen LogP) is 4.81. The molecule has 0 radical (unpaired) electrons. The summed E-state index contributed by atoms with van der Waals surface area (Å²) in [6.07, 6.45) is 12.7. The van der Waals surface area contributed by atoms with Crippen molar-refractivity contribution >= 4 is 5.97 Å². The quantitative estimate of drug-likeness (QED) is 0.460. The first kappa shape index (κ1) is 17.7. The Morgan fingerprint density at radius 3 is 2.61 bits per heavy atom. The van der Waals surface area contributed by atoms with Crippen molar-refractivity contribution in [2.45, 2.75) is 65.6 Å². The van der Waals surface area contributed by atoms with E-state index in [4.69, 9.17) is 9.84 Å². The van der Waals surface area contributed by atoms with E-state index in [1.54, 1.807) is 13.0 Å². The second-order valence-electron chi connectivity index (χ2n) is 7.58. The van der Waals surface area contributed by atoms with Crippen LogP contribution in [0, 0.1) is 5.41 Å². The summed E-state index contributed by atoms with van der Waals surface area (Å²) in [5, 5.41) is 8.71. The molecule has 2 aliphatic rings. The second-order valence-corrected chi connectivity index (χ2v) is 7.58. The van der Waals surface area contributed by atoms with E-state index in [9.17, 15) is 4.79 Å². The third kappa shape index (κ3) is 4.03. The lowest BCUT2D eigenvalue weighted by Crippen LogP contribution is -2.39. The molecule has 0 aromatic heterocycles. The van der Waals surface area contributed by atoms with E-state index >= 15 is 0 Å². The minimum atomic E-state index is -0.920. The van der Waals surface area contributed by atoms with Gasteiger partial charge in [-0.25, -0.2) is 4.79 Å². The number of fused-ring (bicyclic) bond motifs is 1. The maximum atomic E-state index is 10.6. The van der Waals surface area contributed by atoms with Crippen LogP contribution in [0.5, 0.6) is 0 Å². The van der Waals surface area contributed by atoms with Crippen LogP contribution in [-0.2, 0) is 9.53 Å². The topological polar surface area (TPSA) is 46.5 Å². The maximum Gasteiger partial charge on any atom is 0.328 e. The van der Waals surface area contributed by atoms with Crippen molar-refractivity contribution in [1.29, 1.82) is 0 Å². The van der Waals surface area contributed by atoms with Gasteiger partial charge in [-0.2, -0.15) is 0 Å². The molecule has 2 rings (SSSR count). The third-order valence-electron chi connectivity index (χ3n) is 4.98. The monoisotopic (exact) mass is 316 g/mol. The molecular weight excluding hydrogens is 288 g/mol. The van der Waals surface area contributed by atoms with Crippen LogP contribution in [-0.4, -0.2) is 22.8 Å². The Balaban J connectivity index is 2.14. The minimum absolute atomic E-state index is 0.0146. The van der Waals surface area contributed by atoms with Crippen molar-refractivity contribution < 1.29 is 14.6 Å². The number of allylic oxidation sites excluding steroid dienone is 4. The van der Waals surface area contributed by atoms with Crippen molar-refractivity contribution in [1.82, 2.24) is 0 Å². The molecule has 0 amide bonds. The number of hydrogen-bond acceptors (Lipinski definition) is 2. The van der Waals surface area contributed by atoms with Crippen molar-refractivity contribution in [2.24, 2.45) is 5.41 Å². The first-order chi connectivity index (χ1) is 10.6. The Bertz CT molecular complexity index is 604. The van der Waals surface area contributed by atoms with Gasteiger partial charge in [-0.05, 0) is 68.2 Å². The molecule has 126 valence electrons. The highest BCUT2D eigenvalue weighted by molar-refractivity contribution is 5.81. The highest BCUT2D eigenvalue weighted by Gasteiger charge is 2.47. The lowest BCUT2D eigenvalue weighted by molar-refractivity contribution is -0.131. The van der Waals surface area contributed by atoms with Crippen LogP contribution in [0.4, 0.5) is 0 Å². The van der Waals surface area contributed by atoms with Gasteiger partial charge in [0.2, 0.25) is 0 Å². The molecule has 0 unspecified atom stereocenters. The number of rotatable bonds is 4. The Hall–Kier alpha value is -1.61. The van der Waals surface area contributed by atoms with Gasteiger partial charge in [0.15, 0.2) is 0 Å². The zero-order chi connectivity index (χ0) is 17.3. The molecule has 1 N–H and O–H groups in total. The van der Waals surface area contributed by atoms with E-state index in [2.05, 4.69) is 33.8 Å². The molecule has 1 aliphatic carbocycles. The summed E-state index contributed by atoms with van der Waals surface area (Å²) in [4.78, 5) is 10.6. The number of hydrogen-bond donors (Lipinski definition) is 1. The van der Waals surface area contributed by atoms with Gasteiger partial charge in [-0.1, -0.05) is 32.1 Å². The standard InChI is InChI=1S/C20H28O3/c1-14(12-18(21)22)8-6-9-15(2)16-13-17-19(3,4)10-7-11-20(17,5)23-16/h6,8-9,12-13,16H,7,10-11H2,1-5H3,(H,21,22)/b8-6+,14-12+,15-9+/t16-,20+/m0/s1. The van der Waals surface area contributed by atoms with Crippen molar-refractivity contribution in [3.8, 4) is 0 Å². The molecule has 0 spiro atoms. The SMILES string of the molecule is CC(/C=C/C=C(\C)[C@@H]1C=C2C(C)(C)CCC[C@@]2(C)O1)=C\C(=O)O. The Kier molecular flexibility index (Phi) is 5.00. The second kappa shape index (κ2) is 6.48. The van der Waals surface area contributed by atoms with Gasteiger partial charge in [-0.3, -0.25) is 0 Å². The van der Waals surface area contributed by atoms with E-state index in [1.807, 2.05) is 12.2 Å². The smallest absolute Gasteiger partial charge is 0.328 e. The molecule has 3 heteroatoms. The lowest BCUT2D eigenvalue weighted by atomic mass is 9.67. The number of aliphatic carboxylic acids is 1. The third-order valence-corrected chi connectivity index (χ3v) is 4.98. The first-order valence-electron chi connectivity index (χ1n) is 8.31. The fourth-order valence-corrected chi connectivity index (χ4v) is 3.76. The summed E-state index contributed by atoms with van der Waals surface area (Å²) >= 11 is 0. The molecule has 3 nitrogen and oxygen atoms in total. The molecule has 23 heavy (non-hydrogen) atoms. The molecule has 0 aromatic carbocycles. The van der Waals surface area contributed by atoms with Crippen LogP contribution in [0.25, 0.3) is 0 Å². The zero-order valence-corrected chi connectivity index (χ0v) is 14.8. The van der Waals surface area contributed by atoms with Crippen LogP contribution < -0.4 is 0 Å². The Morgan fingerprint density at radius 2 is 2.00 bits per heavy atom. The van der Waals surface area contributed by atoms with Crippen molar-refractivity contribution in [3.63, 3.8) is 0 Å². The minimum Gasteiger partial charge on any atom is -0.478 e. The van der Waals surface area contributed by atoms with E-state index in [0.717, 1.165) is 12.0 Å². The van der Waals surface area contributed by atoms with Gasteiger partial charge in [0.25, 0.3) is 0 Å². The van der Waals surface area contributed by atoms with E-state index in [-0.39, 0.29) is 17.1 Å². The summed E-state index contributed by atoms with van der Waals surface area (Å²) < 4.78 is 6.37. The van der Waals surface area contributed by atoms with E-state index in [0.29, 0.717) is 5.57 Å². The molecule has 1 saturated carbocycles. The fraction of sp³-hybridized carbons (Fsp3) is 0.550. The summed E-state index contributed by atoms with van der Waals surface area (Å²) in [6, 6.07) is 0. The van der Waals surface area contributed by atoms with Gasteiger partial charge in [0, 0.05) is 6.08 Å². The number of carboxylic acids is 1. The number of ether oxygens (including phenoxy) is 1. The van der Waals surface area contributed by atoms with E-state index < -0.39 is 5.97 Å². The summed E-state index contributed by atoms with van der Waals surface area (Å²) in [6.45, 7) is 10.7. The summed E-state index contributed by atoms with van der Waals surface area (Å²) in [5.41, 5.74) is 3.36. The fourth-order valence-electron chi connectivity index (χ4n) is 3.76. The summed E-state index contributed by atoms with van der Waals surface area (Å²) in [7, 11) is 0. The number of carboxylic acid groups (broad SMARTS) is 1. The van der Waals surface area contributed by atoms with Crippen LogP contribution in [0.15, 0.2) is 47.1 Å². The largest absolute Gasteiger partial charge is 0.478 e. The van der Waals surface area contributed by atoms with E-state index in [1.165, 1.54) is 24.5 Å². The van der Waals surface area contributed by atoms with Gasteiger partial charge in [0.1, 0.15) is 0 Å². The van der Waals surface area contributed by atoms with Gasteiger partial charge < -0.3 is 9.84 Å². The molecule has 1 aliphatic heterocycles. The lowest BCUT2D eigenvalue weighted by Gasteiger charge is -2.42. The normalized spacial score (nSPS) is 31.2. The average Bonchev–Trinajstić information content (AvgIpc) is 2.77. The average molecular weight is 316 g/mol. The molecule has 1 heterocycles. The molecule has 0 aromatic rings. The van der Waals surface area contributed by atoms with Crippen LogP contribution >= 0.6 is 0 Å². The maximum absolute atomic E-state index is 10.6. The van der Waals surface area contributed by atoms with Crippen LogP contribution in [0.2, 0.25) is 0 Å². The molecular formula is C20H28O3. The van der Waals surface area contributed by atoms with Crippen LogP contribution in [0.3, 0.4) is 0 Å². The molecule has 1 fully saturated rings. The molecule has 2 atom stereocenters. The molecule has 0 saturated heterocycles. The first-order valence-corrected chi connectivity index (χ1v) is 8.31.